The number of hydrogen-bond acceptors (Lipinski definition) is 3. The number of β-amino-alcohol motifs (C(OH)–C–C–N with tert-alkyl or cyclic N) is 2. The summed E-state index contributed by atoms with van der Waals surface area (Å²) in [5.74, 6) is 0.738. The smallest absolute Gasteiger partial charge is 0.0938 e. The van der Waals surface area contributed by atoms with Gasteiger partial charge >= 0.3 is 0 Å². The number of nitrogens with zero attached hydrogens (tertiary/aromatic N) is 1. The van der Waals surface area contributed by atoms with Gasteiger partial charge in [0.15, 0.2) is 0 Å². The highest BCUT2D eigenvalue weighted by atomic mass is 79.9. The molecule has 1 rings (SSSR count). The fraction of sp³-hybridized carbons (Fsp3) is 1.00. The average Bonchev–Trinajstić information content (AvgIpc) is 2.59. The fourth-order valence-electron chi connectivity index (χ4n) is 2.18. The Morgan fingerprint density at radius 2 is 1.75 bits per heavy atom. The number of hydrogen-bond donors (Lipinski definition) is 2. The third-order valence-corrected chi connectivity index (χ3v) is 4.60. The highest BCUT2D eigenvalue weighted by Crippen LogP contribution is 2.18. The SMILES string of the molecule is C[C@H](CBr)CCC[C@H](C)N1C[C@H](O)[C@@H](O)C1. The van der Waals surface area contributed by atoms with Gasteiger partial charge in [0.25, 0.3) is 0 Å². The van der Waals surface area contributed by atoms with Crippen LogP contribution in [0.15, 0.2) is 0 Å². The van der Waals surface area contributed by atoms with Gasteiger partial charge in [-0.2, -0.15) is 0 Å². The van der Waals surface area contributed by atoms with Crippen LogP contribution >= 0.6 is 15.9 Å². The van der Waals surface area contributed by atoms with E-state index in [0.29, 0.717) is 19.1 Å². The maximum absolute atomic E-state index is 9.47. The number of aliphatic hydroxyl groups excluding tert-OH is 2. The summed E-state index contributed by atoms with van der Waals surface area (Å²) in [6.07, 6.45) is 2.51. The molecule has 96 valence electrons. The molecule has 4 atom stereocenters. The largest absolute Gasteiger partial charge is 0.389 e. The van der Waals surface area contributed by atoms with E-state index in [9.17, 15) is 10.2 Å². The first-order chi connectivity index (χ1) is 7.54. The normalized spacial score (nSPS) is 30.6. The molecule has 16 heavy (non-hydrogen) atoms. The van der Waals surface area contributed by atoms with Crippen LogP contribution in [0.2, 0.25) is 0 Å². The highest BCUT2D eigenvalue weighted by Gasteiger charge is 2.31. The average molecular weight is 294 g/mol. The maximum atomic E-state index is 9.47. The van der Waals surface area contributed by atoms with Crippen molar-refractivity contribution in [3.05, 3.63) is 0 Å². The van der Waals surface area contributed by atoms with E-state index in [-0.39, 0.29) is 0 Å². The lowest BCUT2D eigenvalue weighted by atomic mass is 10.0. The first kappa shape index (κ1) is 14.4. The van der Waals surface area contributed by atoms with Crippen LogP contribution in [0.1, 0.15) is 33.1 Å². The van der Waals surface area contributed by atoms with Gasteiger partial charge in [-0.05, 0) is 25.7 Å². The minimum atomic E-state index is -0.552. The Morgan fingerprint density at radius 3 is 2.25 bits per heavy atom. The lowest BCUT2D eigenvalue weighted by Gasteiger charge is -2.24. The van der Waals surface area contributed by atoms with Crippen LogP contribution in [-0.4, -0.2) is 51.8 Å². The third-order valence-electron chi connectivity index (χ3n) is 3.49. The summed E-state index contributed by atoms with van der Waals surface area (Å²) in [5, 5.41) is 20.0. The summed E-state index contributed by atoms with van der Waals surface area (Å²) < 4.78 is 0. The molecule has 0 aromatic heterocycles. The van der Waals surface area contributed by atoms with Crippen molar-refractivity contribution in [2.75, 3.05) is 18.4 Å². The summed E-state index contributed by atoms with van der Waals surface area (Å²) >= 11 is 3.49. The van der Waals surface area contributed by atoms with Crippen molar-refractivity contribution in [3.63, 3.8) is 0 Å². The van der Waals surface area contributed by atoms with Crippen LogP contribution < -0.4 is 0 Å². The zero-order chi connectivity index (χ0) is 12.1. The zero-order valence-corrected chi connectivity index (χ0v) is 11.9. The van der Waals surface area contributed by atoms with Gasteiger partial charge in [-0.1, -0.05) is 29.3 Å². The van der Waals surface area contributed by atoms with E-state index in [4.69, 9.17) is 0 Å². The minimum Gasteiger partial charge on any atom is -0.389 e. The van der Waals surface area contributed by atoms with E-state index in [1.165, 1.54) is 12.8 Å². The van der Waals surface area contributed by atoms with Crippen LogP contribution in [0.3, 0.4) is 0 Å². The molecule has 0 aromatic rings. The van der Waals surface area contributed by atoms with Crippen molar-refractivity contribution < 1.29 is 10.2 Å². The van der Waals surface area contributed by atoms with E-state index >= 15 is 0 Å². The van der Waals surface area contributed by atoms with Gasteiger partial charge in [-0.25, -0.2) is 0 Å². The second-order valence-electron chi connectivity index (χ2n) is 5.13. The minimum absolute atomic E-state index is 0.467. The van der Waals surface area contributed by atoms with Crippen molar-refractivity contribution in [1.29, 1.82) is 0 Å². The van der Waals surface area contributed by atoms with Crippen molar-refractivity contribution in [1.82, 2.24) is 4.90 Å². The number of rotatable bonds is 6. The Balaban J connectivity index is 2.18. The molecule has 0 radical (unpaired) electrons. The number of halogens is 1. The molecule has 0 bridgehead atoms. The molecule has 0 spiro atoms. The van der Waals surface area contributed by atoms with Crippen molar-refractivity contribution in [2.45, 2.75) is 51.4 Å². The van der Waals surface area contributed by atoms with E-state index in [1.807, 2.05) is 0 Å². The summed E-state index contributed by atoms with van der Waals surface area (Å²) in [6.45, 7) is 5.68. The Bertz CT molecular complexity index is 193. The van der Waals surface area contributed by atoms with Crippen LogP contribution in [0.5, 0.6) is 0 Å². The quantitative estimate of drug-likeness (QED) is 0.732. The first-order valence-corrected chi connectivity index (χ1v) is 7.33. The molecular formula is C12H24BrNO2. The molecule has 0 unspecified atom stereocenters. The highest BCUT2D eigenvalue weighted by molar-refractivity contribution is 9.09. The summed E-state index contributed by atoms with van der Waals surface area (Å²) in [7, 11) is 0. The molecular weight excluding hydrogens is 270 g/mol. The van der Waals surface area contributed by atoms with Crippen LogP contribution in [0.4, 0.5) is 0 Å². The van der Waals surface area contributed by atoms with Crippen molar-refractivity contribution in [3.8, 4) is 0 Å². The molecule has 0 saturated carbocycles. The predicted octanol–water partition coefficient (Wildman–Crippen LogP) is 1.61. The Morgan fingerprint density at radius 1 is 1.19 bits per heavy atom. The molecule has 2 N–H and O–H groups in total. The van der Waals surface area contributed by atoms with Gasteiger partial charge in [0.1, 0.15) is 0 Å². The van der Waals surface area contributed by atoms with Crippen LogP contribution in [0, 0.1) is 5.92 Å². The number of alkyl halides is 1. The van der Waals surface area contributed by atoms with Gasteiger partial charge in [0, 0.05) is 24.5 Å². The summed E-state index contributed by atoms with van der Waals surface area (Å²) in [6, 6.07) is 0.467. The molecule has 1 aliphatic heterocycles. The molecule has 1 heterocycles. The molecule has 0 amide bonds. The van der Waals surface area contributed by atoms with E-state index in [2.05, 4.69) is 34.7 Å². The standard InChI is InChI=1S/C12H24BrNO2/c1-9(6-13)4-3-5-10(2)14-7-11(15)12(16)8-14/h9-12,15-16H,3-8H2,1-2H3/t9-,10-,11-,12-/m0/s1. The summed E-state index contributed by atoms with van der Waals surface area (Å²) in [5.41, 5.74) is 0. The van der Waals surface area contributed by atoms with Gasteiger partial charge < -0.3 is 10.2 Å². The molecule has 0 aliphatic carbocycles. The van der Waals surface area contributed by atoms with Gasteiger partial charge in [-0.3, -0.25) is 4.90 Å². The second kappa shape index (κ2) is 6.94. The van der Waals surface area contributed by atoms with E-state index in [1.54, 1.807) is 0 Å². The molecule has 3 nitrogen and oxygen atoms in total. The van der Waals surface area contributed by atoms with Crippen LogP contribution in [0.25, 0.3) is 0 Å². The van der Waals surface area contributed by atoms with Crippen LogP contribution in [-0.2, 0) is 0 Å². The fourth-order valence-corrected chi connectivity index (χ4v) is 2.50. The first-order valence-electron chi connectivity index (χ1n) is 6.20. The van der Waals surface area contributed by atoms with Gasteiger partial charge in [0.2, 0.25) is 0 Å². The maximum Gasteiger partial charge on any atom is 0.0938 e. The molecule has 1 saturated heterocycles. The van der Waals surface area contributed by atoms with E-state index in [0.717, 1.165) is 17.7 Å². The molecule has 1 aliphatic rings. The third kappa shape index (κ3) is 4.32. The predicted molar refractivity (Wildman–Crippen MR) is 69.9 cm³/mol. The number of likely N-dealkylation sites (tertiary alicyclic amines) is 1. The number of aliphatic hydroxyl groups is 2. The van der Waals surface area contributed by atoms with E-state index < -0.39 is 12.2 Å². The second-order valence-corrected chi connectivity index (χ2v) is 5.78. The lowest BCUT2D eigenvalue weighted by molar-refractivity contribution is 0.0572. The molecule has 0 aromatic carbocycles. The van der Waals surface area contributed by atoms with Crippen molar-refractivity contribution >= 4 is 15.9 Å². The van der Waals surface area contributed by atoms with Gasteiger partial charge in [-0.15, -0.1) is 0 Å². The summed E-state index contributed by atoms with van der Waals surface area (Å²) in [4.78, 5) is 2.19. The lowest BCUT2D eigenvalue weighted by Crippen LogP contribution is -2.32. The molecule has 1 fully saturated rings. The zero-order valence-electron chi connectivity index (χ0n) is 10.3. The molecule has 4 heteroatoms. The Kier molecular flexibility index (Phi) is 6.26. The monoisotopic (exact) mass is 293 g/mol. The topological polar surface area (TPSA) is 43.7 Å². The Labute approximate surface area is 107 Å². The Hall–Kier alpha value is 0.360. The van der Waals surface area contributed by atoms with Gasteiger partial charge in [0.05, 0.1) is 12.2 Å². The van der Waals surface area contributed by atoms with Crippen molar-refractivity contribution in [2.24, 2.45) is 5.92 Å².